The molecule has 0 aromatic carbocycles. The number of carbonyl (C=O) groups is 1. The molecule has 1 amide bonds. The maximum Gasteiger partial charge on any atom is 0.267 e. The Balaban J connectivity index is 2.91. The van der Waals surface area contributed by atoms with Crippen molar-refractivity contribution in [3.63, 3.8) is 0 Å². The van der Waals surface area contributed by atoms with E-state index in [1.807, 2.05) is 4.72 Å². The van der Waals surface area contributed by atoms with Crippen LogP contribution < -0.4 is 4.72 Å². The van der Waals surface area contributed by atoms with Crippen LogP contribution in [0.25, 0.3) is 0 Å². The molecule has 0 fully saturated rings. The number of carbonyl (C=O) groups excluding carboxylic acids is 1. The van der Waals surface area contributed by atoms with E-state index in [-0.39, 0.29) is 4.90 Å². The van der Waals surface area contributed by atoms with Gasteiger partial charge in [0.1, 0.15) is 4.90 Å². The molecule has 1 aliphatic heterocycles. The number of rotatable bonds is 0. The molecule has 13 heavy (non-hydrogen) atoms. The minimum Gasteiger partial charge on any atom is -0.268 e. The van der Waals surface area contributed by atoms with Crippen molar-refractivity contribution < 1.29 is 13.2 Å². The van der Waals surface area contributed by atoms with E-state index < -0.39 is 15.9 Å². The molecule has 2 rings (SSSR count). The second-order valence-corrected chi connectivity index (χ2v) is 5.90. The number of aryl methyl sites for hydroxylation is 2. The van der Waals surface area contributed by atoms with Gasteiger partial charge in [-0.3, -0.25) is 4.79 Å². The van der Waals surface area contributed by atoms with Crippen molar-refractivity contribution in [2.24, 2.45) is 0 Å². The van der Waals surface area contributed by atoms with Gasteiger partial charge in [-0.15, -0.1) is 11.3 Å². The van der Waals surface area contributed by atoms with Crippen LogP contribution in [-0.2, 0) is 10.0 Å². The third-order valence-electron chi connectivity index (χ3n) is 1.93. The zero-order valence-electron chi connectivity index (χ0n) is 7.04. The first-order chi connectivity index (χ1) is 5.93. The fourth-order valence-electron chi connectivity index (χ4n) is 1.47. The van der Waals surface area contributed by atoms with Crippen molar-refractivity contribution in [1.82, 2.24) is 4.72 Å². The Kier molecular flexibility index (Phi) is 1.56. The molecule has 6 heteroatoms. The molecule has 0 atom stereocenters. The lowest BCUT2D eigenvalue weighted by molar-refractivity contribution is 0.0985. The standard InChI is InChI=1S/C7H7NO3S2/c1-3-5-6(4(2)12-3)13(10,11)8-7(5)9/h1-2H3,(H,8,9). The van der Waals surface area contributed by atoms with E-state index in [1.165, 1.54) is 11.3 Å². The van der Waals surface area contributed by atoms with Crippen LogP contribution in [-0.4, -0.2) is 14.3 Å². The molecule has 0 radical (unpaired) electrons. The van der Waals surface area contributed by atoms with Crippen LogP contribution >= 0.6 is 11.3 Å². The average molecular weight is 217 g/mol. The van der Waals surface area contributed by atoms with Crippen LogP contribution in [0.3, 0.4) is 0 Å². The normalized spacial score (nSPS) is 18.5. The van der Waals surface area contributed by atoms with Gasteiger partial charge in [0.25, 0.3) is 15.9 Å². The lowest BCUT2D eigenvalue weighted by Gasteiger charge is -1.93. The van der Waals surface area contributed by atoms with Crippen LogP contribution in [0.1, 0.15) is 20.1 Å². The number of thiophene rings is 1. The largest absolute Gasteiger partial charge is 0.268 e. The molecule has 0 aliphatic carbocycles. The van der Waals surface area contributed by atoms with Crippen LogP contribution in [0, 0.1) is 13.8 Å². The van der Waals surface area contributed by atoms with E-state index in [0.717, 1.165) is 4.88 Å². The zero-order chi connectivity index (χ0) is 9.80. The summed E-state index contributed by atoms with van der Waals surface area (Å²) >= 11 is 1.34. The Bertz CT molecular complexity index is 498. The minimum absolute atomic E-state index is 0.167. The summed E-state index contributed by atoms with van der Waals surface area (Å²) < 4.78 is 24.7. The van der Waals surface area contributed by atoms with Gasteiger partial charge in [-0.1, -0.05) is 0 Å². The third kappa shape index (κ3) is 1.02. The second-order valence-electron chi connectivity index (χ2n) is 2.85. The van der Waals surface area contributed by atoms with Gasteiger partial charge in [0, 0.05) is 9.75 Å². The predicted molar refractivity (Wildman–Crippen MR) is 48.4 cm³/mol. The Morgan fingerprint density at radius 1 is 1.23 bits per heavy atom. The van der Waals surface area contributed by atoms with E-state index in [9.17, 15) is 13.2 Å². The summed E-state index contributed by atoms with van der Waals surface area (Å²) in [6.07, 6.45) is 0. The van der Waals surface area contributed by atoms with E-state index in [2.05, 4.69) is 0 Å². The number of hydrogen-bond donors (Lipinski definition) is 1. The number of nitrogens with one attached hydrogen (secondary N) is 1. The number of hydrogen-bond acceptors (Lipinski definition) is 4. The second kappa shape index (κ2) is 2.33. The topological polar surface area (TPSA) is 63.2 Å². The molecule has 1 aromatic heterocycles. The van der Waals surface area contributed by atoms with E-state index in [1.54, 1.807) is 13.8 Å². The summed E-state index contributed by atoms with van der Waals surface area (Å²) in [7, 11) is -3.55. The van der Waals surface area contributed by atoms with Crippen molar-refractivity contribution in [3.8, 4) is 0 Å². The van der Waals surface area contributed by atoms with Gasteiger partial charge in [-0.25, -0.2) is 13.1 Å². The Labute approximate surface area is 79.6 Å². The molecule has 0 spiro atoms. The van der Waals surface area contributed by atoms with Crippen LogP contribution in [0.15, 0.2) is 4.90 Å². The third-order valence-corrected chi connectivity index (χ3v) is 4.58. The van der Waals surface area contributed by atoms with E-state index >= 15 is 0 Å². The van der Waals surface area contributed by atoms with Crippen LogP contribution in [0.4, 0.5) is 0 Å². The molecule has 4 nitrogen and oxygen atoms in total. The maximum absolute atomic E-state index is 11.4. The summed E-state index contributed by atoms with van der Waals surface area (Å²) in [6, 6.07) is 0. The molecule has 1 aromatic rings. The highest BCUT2D eigenvalue weighted by molar-refractivity contribution is 7.91. The fraction of sp³-hybridized carbons (Fsp3) is 0.286. The van der Waals surface area contributed by atoms with Gasteiger partial charge in [-0.05, 0) is 13.8 Å². The fourth-order valence-corrected chi connectivity index (χ4v) is 4.28. The molecule has 0 saturated heterocycles. The average Bonchev–Trinajstić information content (AvgIpc) is 2.35. The molecule has 70 valence electrons. The van der Waals surface area contributed by atoms with Gasteiger partial charge < -0.3 is 0 Å². The Morgan fingerprint density at radius 2 is 1.85 bits per heavy atom. The minimum atomic E-state index is -3.55. The van der Waals surface area contributed by atoms with Crippen molar-refractivity contribution >= 4 is 27.3 Å². The molecule has 0 bridgehead atoms. The first-order valence-electron chi connectivity index (χ1n) is 3.60. The summed E-state index contributed by atoms with van der Waals surface area (Å²) in [4.78, 5) is 12.8. The highest BCUT2D eigenvalue weighted by atomic mass is 32.2. The lowest BCUT2D eigenvalue weighted by Crippen LogP contribution is -2.21. The zero-order valence-corrected chi connectivity index (χ0v) is 8.67. The molecular formula is C7H7NO3S2. The summed E-state index contributed by atoms with van der Waals surface area (Å²) in [5.41, 5.74) is 0.322. The number of sulfonamides is 1. The molecular weight excluding hydrogens is 210 g/mol. The van der Waals surface area contributed by atoms with Gasteiger partial charge in [0.2, 0.25) is 0 Å². The monoisotopic (exact) mass is 217 g/mol. The van der Waals surface area contributed by atoms with Gasteiger partial charge in [0.05, 0.1) is 5.56 Å². The summed E-state index contributed by atoms with van der Waals surface area (Å²) in [6.45, 7) is 3.45. The summed E-state index contributed by atoms with van der Waals surface area (Å²) in [5.74, 6) is -0.503. The molecule has 0 unspecified atom stereocenters. The molecule has 0 saturated carbocycles. The van der Waals surface area contributed by atoms with Crippen molar-refractivity contribution in [2.75, 3.05) is 0 Å². The summed E-state index contributed by atoms with van der Waals surface area (Å²) in [5, 5.41) is 0. The smallest absolute Gasteiger partial charge is 0.267 e. The quantitative estimate of drug-likeness (QED) is 0.699. The maximum atomic E-state index is 11.4. The number of fused-ring (bicyclic) bond motifs is 1. The Morgan fingerprint density at radius 3 is 2.38 bits per heavy atom. The van der Waals surface area contributed by atoms with Crippen LogP contribution in [0.5, 0.6) is 0 Å². The van der Waals surface area contributed by atoms with Crippen molar-refractivity contribution in [1.29, 1.82) is 0 Å². The number of amides is 1. The lowest BCUT2D eigenvalue weighted by atomic mass is 10.2. The first-order valence-corrected chi connectivity index (χ1v) is 5.90. The highest BCUT2D eigenvalue weighted by Crippen LogP contribution is 2.34. The van der Waals surface area contributed by atoms with Crippen molar-refractivity contribution in [3.05, 3.63) is 15.3 Å². The van der Waals surface area contributed by atoms with E-state index in [0.29, 0.717) is 10.4 Å². The SMILES string of the molecule is Cc1sc(C)c2c1C(=O)NS2(=O)=O. The highest BCUT2D eigenvalue weighted by Gasteiger charge is 2.37. The van der Waals surface area contributed by atoms with Crippen molar-refractivity contribution in [2.45, 2.75) is 18.7 Å². The Hall–Kier alpha value is -0.880. The van der Waals surface area contributed by atoms with Gasteiger partial charge in [0.15, 0.2) is 0 Å². The first kappa shape index (κ1) is 8.71. The molecule has 1 aliphatic rings. The molecule has 1 N–H and O–H groups in total. The van der Waals surface area contributed by atoms with Crippen LogP contribution in [0.2, 0.25) is 0 Å². The molecule has 2 heterocycles. The predicted octanol–water partition coefficient (Wildman–Crippen LogP) is 0.797. The van der Waals surface area contributed by atoms with Gasteiger partial charge >= 0.3 is 0 Å². The van der Waals surface area contributed by atoms with Gasteiger partial charge in [-0.2, -0.15) is 0 Å². The van der Waals surface area contributed by atoms with E-state index in [4.69, 9.17) is 0 Å².